The number of aromatic nitrogens is 1. The highest BCUT2D eigenvalue weighted by Crippen LogP contribution is 2.21. The van der Waals surface area contributed by atoms with E-state index in [4.69, 9.17) is 4.74 Å². The number of rotatable bonds is 3. The van der Waals surface area contributed by atoms with E-state index >= 15 is 0 Å². The van der Waals surface area contributed by atoms with Crippen molar-refractivity contribution in [2.24, 2.45) is 5.92 Å². The van der Waals surface area contributed by atoms with Crippen molar-refractivity contribution in [2.75, 3.05) is 18.8 Å². The Labute approximate surface area is 140 Å². The number of likely N-dealkylation sites (tertiary alicyclic amines) is 1. The van der Waals surface area contributed by atoms with E-state index in [2.05, 4.69) is 4.98 Å². The fourth-order valence-electron chi connectivity index (χ4n) is 2.50. The molecule has 2 rings (SSSR count). The van der Waals surface area contributed by atoms with Gasteiger partial charge in [0.05, 0.1) is 10.8 Å². The Morgan fingerprint density at radius 2 is 2.00 bits per heavy atom. The van der Waals surface area contributed by atoms with E-state index in [0.717, 1.165) is 18.4 Å². The van der Waals surface area contributed by atoms with Gasteiger partial charge in [-0.3, -0.25) is 4.21 Å². The average molecular weight is 338 g/mol. The first-order valence-electron chi connectivity index (χ1n) is 8.03. The molecule has 128 valence electrons. The topological polar surface area (TPSA) is 59.5 Å². The molecule has 1 aromatic rings. The lowest BCUT2D eigenvalue weighted by molar-refractivity contribution is 0.0191. The summed E-state index contributed by atoms with van der Waals surface area (Å²) in [5.41, 5.74) is 0.600. The smallest absolute Gasteiger partial charge is 0.410 e. The molecule has 1 aliphatic heterocycles. The summed E-state index contributed by atoms with van der Waals surface area (Å²) in [6.45, 7) is 8.91. The van der Waals surface area contributed by atoms with Gasteiger partial charge in [-0.1, -0.05) is 6.07 Å². The molecule has 0 bridgehead atoms. The molecule has 0 unspecified atom stereocenters. The first-order chi connectivity index (χ1) is 10.7. The normalized spacial score (nSPS) is 17.8. The minimum Gasteiger partial charge on any atom is -0.444 e. The monoisotopic (exact) mass is 338 g/mol. The van der Waals surface area contributed by atoms with Gasteiger partial charge in [-0.15, -0.1) is 0 Å². The van der Waals surface area contributed by atoms with E-state index in [1.165, 1.54) is 0 Å². The van der Waals surface area contributed by atoms with Gasteiger partial charge in [-0.2, -0.15) is 0 Å². The molecule has 0 N–H and O–H groups in total. The average Bonchev–Trinajstić information content (AvgIpc) is 2.46. The quantitative estimate of drug-likeness (QED) is 0.849. The minimum atomic E-state index is -1.07. The summed E-state index contributed by atoms with van der Waals surface area (Å²) in [6, 6.07) is 3.77. The van der Waals surface area contributed by atoms with Crippen molar-refractivity contribution in [3.05, 3.63) is 23.9 Å². The van der Waals surface area contributed by atoms with Gasteiger partial charge in [0.2, 0.25) is 0 Å². The molecule has 1 aromatic heterocycles. The van der Waals surface area contributed by atoms with Crippen LogP contribution in [-0.4, -0.2) is 44.6 Å². The van der Waals surface area contributed by atoms with Crippen LogP contribution >= 0.6 is 0 Å². The van der Waals surface area contributed by atoms with E-state index in [-0.39, 0.29) is 6.09 Å². The molecule has 0 saturated carbocycles. The largest absolute Gasteiger partial charge is 0.444 e. The molecule has 5 nitrogen and oxygen atoms in total. The van der Waals surface area contributed by atoms with Crippen LogP contribution in [-0.2, 0) is 15.5 Å². The Morgan fingerprint density at radius 3 is 2.52 bits per heavy atom. The van der Waals surface area contributed by atoms with Gasteiger partial charge in [0.15, 0.2) is 0 Å². The van der Waals surface area contributed by atoms with Crippen LogP contribution in [0.4, 0.5) is 4.79 Å². The molecule has 23 heavy (non-hydrogen) atoms. The summed E-state index contributed by atoms with van der Waals surface area (Å²) in [5, 5.41) is 0.644. The number of hydrogen-bond acceptors (Lipinski definition) is 4. The maximum atomic E-state index is 12.4. The third kappa shape index (κ3) is 5.61. The number of piperidine rings is 1. The molecular formula is C17H26N2O3S. The van der Waals surface area contributed by atoms with Gasteiger partial charge in [0.25, 0.3) is 0 Å². The standard InChI is InChI=1S/C17H26N2O3S/c1-13-5-6-15(18-11-13)23(21)12-14-7-9-19(10-8-14)16(20)22-17(2,3)4/h5-6,11,14H,7-10,12H2,1-4H3/t23-/m1/s1. The molecule has 1 amide bonds. The highest BCUT2D eigenvalue weighted by atomic mass is 32.2. The number of aryl methyl sites for hydroxylation is 1. The predicted octanol–water partition coefficient (Wildman–Crippen LogP) is 3.14. The van der Waals surface area contributed by atoms with Crippen LogP contribution < -0.4 is 0 Å². The third-order valence-electron chi connectivity index (χ3n) is 3.77. The van der Waals surface area contributed by atoms with Crippen molar-refractivity contribution in [3.63, 3.8) is 0 Å². The lowest BCUT2D eigenvalue weighted by Gasteiger charge is -2.33. The Balaban J connectivity index is 1.81. The number of pyridine rings is 1. The summed E-state index contributed by atoms with van der Waals surface area (Å²) in [7, 11) is -1.07. The zero-order valence-electron chi connectivity index (χ0n) is 14.4. The first-order valence-corrected chi connectivity index (χ1v) is 9.35. The van der Waals surface area contributed by atoms with E-state index in [1.54, 1.807) is 11.1 Å². The SMILES string of the molecule is Cc1ccc([S@](=O)CC2CCN(C(=O)OC(C)(C)C)CC2)nc1. The zero-order chi connectivity index (χ0) is 17.0. The minimum absolute atomic E-state index is 0.253. The van der Waals surface area contributed by atoms with Gasteiger partial charge in [-0.05, 0) is 58.1 Å². The highest BCUT2D eigenvalue weighted by Gasteiger charge is 2.27. The number of nitrogens with zero attached hydrogens (tertiary/aromatic N) is 2. The molecule has 0 aliphatic carbocycles. The van der Waals surface area contributed by atoms with E-state index in [9.17, 15) is 9.00 Å². The summed E-state index contributed by atoms with van der Waals surface area (Å²) in [5.74, 6) is 0.968. The molecule has 1 saturated heterocycles. The van der Waals surface area contributed by atoms with Gasteiger partial charge in [0.1, 0.15) is 10.6 Å². The van der Waals surface area contributed by atoms with E-state index in [0.29, 0.717) is 29.8 Å². The molecule has 0 spiro atoms. The second-order valence-corrected chi connectivity index (χ2v) is 8.54. The Morgan fingerprint density at radius 1 is 1.35 bits per heavy atom. The van der Waals surface area contributed by atoms with Gasteiger partial charge in [-0.25, -0.2) is 9.78 Å². The number of carbonyl (C=O) groups excluding carboxylic acids is 1. The van der Waals surface area contributed by atoms with Crippen LogP contribution in [0.1, 0.15) is 39.2 Å². The number of amides is 1. The maximum absolute atomic E-state index is 12.4. The van der Waals surface area contributed by atoms with Crippen molar-refractivity contribution in [2.45, 2.75) is 51.2 Å². The Kier molecular flexibility index (Phi) is 5.79. The number of hydrogen-bond donors (Lipinski definition) is 0. The van der Waals surface area contributed by atoms with E-state index < -0.39 is 16.4 Å². The van der Waals surface area contributed by atoms with Crippen molar-refractivity contribution in [1.82, 2.24) is 9.88 Å². The highest BCUT2D eigenvalue weighted by molar-refractivity contribution is 7.84. The third-order valence-corrected chi connectivity index (χ3v) is 5.25. The molecule has 1 atom stereocenters. The molecule has 1 fully saturated rings. The fraction of sp³-hybridized carbons (Fsp3) is 0.647. The molecule has 1 aliphatic rings. The van der Waals surface area contributed by atoms with Gasteiger partial charge >= 0.3 is 6.09 Å². The second-order valence-electron chi connectivity index (χ2n) is 7.10. The van der Waals surface area contributed by atoms with Crippen LogP contribution in [0, 0.1) is 12.8 Å². The van der Waals surface area contributed by atoms with E-state index in [1.807, 2.05) is 39.8 Å². The predicted molar refractivity (Wildman–Crippen MR) is 90.8 cm³/mol. The van der Waals surface area contributed by atoms with Gasteiger partial charge in [0, 0.05) is 25.0 Å². The molecular weight excluding hydrogens is 312 g/mol. The van der Waals surface area contributed by atoms with Crippen molar-refractivity contribution in [1.29, 1.82) is 0 Å². The Hall–Kier alpha value is -1.43. The van der Waals surface area contributed by atoms with Crippen molar-refractivity contribution < 1.29 is 13.7 Å². The second kappa shape index (κ2) is 7.43. The molecule has 2 heterocycles. The lowest BCUT2D eigenvalue weighted by Crippen LogP contribution is -2.42. The van der Waals surface area contributed by atoms with Crippen LogP contribution in [0.15, 0.2) is 23.4 Å². The summed E-state index contributed by atoms with van der Waals surface area (Å²) in [6.07, 6.45) is 3.21. The van der Waals surface area contributed by atoms with Crippen LogP contribution in [0.5, 0.6) is 0 Å². The number of ether oxygens (including phenoxy) is 1. The van der Waals surface area contributed by atoms with Crippen molar-refractivity contribution >= 4 is 16.9 Å². The summed E-state index contributed by atoms with van der Waals surface area (Å²) < 4.78 is 17.8. The van der Waals surface area contributed by atoms with Crippen LogP contribution in [0.3, 0.4) is 0 Å². The Bertz CT molecular complexity index is 558. The molecule has 6 heteroatoms. The van der Waals surface area contributed by atoms with Gasteiger partial charge < -0.3 is 9.64 Å². The number of carbonyl (C=O) groups is 1. The first kappa shape index (κ1) is 17.9. The maximum Gasteiger partial charge on any atom is 0.410 e. The zero-order valence-corrected chi connectivity index (χ0v) is 15.2. The van der Waals surface area contributed by atoms with Crippen LogP contribution in [0.25, 0.3) is 0 Å². The van der Waals surface area contributed by atoms with Crippen molar-refractivity contribution in [3.8, 4) is 0 Å². The lowest BCUT2D eigenvalue weighted by atomic mass is 9.99. The van der Waals surface area contributed by atoms with Crippen LogP contribution in [0.2, 0.25) is 0 Å². The summed E-state index contributed by atoms with van der Waals surface area (Å²) in [4.78, 5) is 18.0. The summed E-state index contributed by atoms with van der Waals surface area (Å²) >= 11 is 0. The molecule has 0 aromatic carbocycles. The fourth-order valence-corrected chi connectivity index (χ4v) is 3.82. The molecule has 0 radical (unpaired) electrons.